The minimum absolute atomic E-state index is 0.0334. The summed E-state index contributed by atoms with van der Waals surface area (Å²) in [5, 5.41) is 8.75. The summed E-state index contributed by atoms with van der Waals surface area (Å²) >= 11 is 0. The van der Waals surface area contributed by atoms with Gasteiger partial charge in [0.2, 0.25) is 0 Å². The molecular formula is C9H16O3. The topological polar surface area (TPSA) is 46.5 Å². The number of rotatable bonds is 4. The van der Waals surface area contributed by atoms with Crippen LogP contribution in [0.5, 0.6) is 0 Å². The molecule has 1 saturated heterocycles. The molecule has 0 unspecified atom stereocenters. The molecule has 0 spiro atoms. The van der Waals surface area contributed by atoms with Crippen LogP contribution < -0.4 is 0 Å². The van der Waals surface area contributed by atoms with Crippen LogP contribution in [-0.2, 0) is 9.53 Å². The van der Waals surface area contributed by atoms with E-state index < -0.39 is 0 Å². The van der Waals surface area contributed by atoms with Gasteiger partial charge in [0.05, 0.1) is 12.5 Å². The number of unbranched alkanes of at least 4 members (excludes halogenated alkanes) is 1. The van der Waals surface area contributed by atoms with Crippen molar-refractivity contribution in [3.8, 4) is 0 Å². The SMILES string of the molecule is CCCC[C@@H]1C[C@H](CO)OC1=O. The van der Waals surface area contributed by atoms with Crippen LogP contribution in [0.3, 0.4) is 0 Å². The Morgan fingerprint density at radius 3 is 2.92 bits per heavy atom. The highest BCUT2D eigenvalue weighted by atomic mass is 16.6. The van der Waals surface area contributed by atoms with Crippen molar-refractivity contribution in [3.63, 3.8) is 0 Å². The maximum atomic E-state index is 11.1. The summed E-state index contributed by atoms with van der Waals surface area (Å²) in [6, 6.07) is 0. The average molecular weight is 172 g/mol. The number of esters is 1. The largest absolute Gasteiger partial charge is 0.460 e. The van der Waals surface area contributed by atoms with Crippen molar-refractivity contribution in [3.05, 3.63) is 0 Å². The molecule has 0 aromatic rings. The number of cyclic esters (lactones) is 1. The fourth-order valence-corrected chi connectivity index (χ4v) is 1.52. The third-order valence-electron chi connectivity index (χ3n) is 2.27. The van der Waals surface area contributed by atoms with Crippen molar-refractivity contribution in [2.45, 2.75) is 38.7 Å². The highest BCUT2D eigenvalue weighted by Crippen LogP contribution is 2.25. The van der Waals surface area contributed by atoms with Gasteiger partial charge < -0.3 is 9.84 Å². The molecule has 0 amide bonds. The highest BCUT2D eigenvalue weighted by molar-refractivity contribution is 5.74. The second-order valence-corrected chi connectivity index (χ2v) is 3.32. The lowest BCUT2D eigenvalue weighted by Crippen LogP contribution is -2.10. The Bertz CT molecular complexity index is 156. The van der Waals surface area contributed by atoms with Gasteiger partial charge >= 0.3 is 5.97 Å². The van der Waals surface area contributed by atoms with Crippen molar-refractivity contribution in [1.82, 2.24) is 0 Å². The Labute approximate surface area is 72.7 Å². The first-order valence-corrected chi connectivity index (χ1v) is 4.59. The summed E-state index contributed by atoms with van der Waals surface area (Å²) in [5.41, 5.74) is 0. The number of aliphatic hydroxyl groups excluding tert-OH is 1. The lowest BCUT2D eigenvalue weighted by atomic mass is 9.99. The minimum Gasteiger partial charge on any atom is -0.460 e. The van der Waals surface area contributed by atoms with E-state index in [2.05, 4.69) is 6.92 Å². The molecular weight excluding hydrogens is 156 g/mol. The van der Waals surface area contributed by atoms with Crippen LogP contribution in [0.2, 0.25) is 0 Å². The monoisotopic (exact) mass is 172 g/mol. The van der Waals surface area contributed by atoms with Gasteiger partial charge in [-0.1, -0.05) is 19.8 Å². The maximum absolute atomic E-state index is 11.1. The lowest BCUT2D eigenvalue weighted by molar-refractivity contribution is -0.145. The van der Waals surface area contributed by atoms with Crippen LogP contribution in [0.1, 0.15) is 32.6 Å². The minimum atomic E-state index is -0.237. The first-order chi connectivity index (χ1) is 5.77. The molecule has 3 heteroatoms. The van der Waals surface area contributed by atoms with Crippen LogP contribution in [0.25, 0.3) is 0 Å². The van der Waals surface area contributed by atoms with E-state index in [1.54, 1.807) is 0 Å². The van der Waals surface area contributed by atoms with E-state index in [1.165, 1.54) is 0 Å². The molecule has 2 atom stereocenters. The second-order valence-electron chi connectivity index (χ2n) is 3.32. The van der Waals surface area contributed by atoms with Gasteiger partial charge in [-0.3, -0.25) is 4.79 Å². The third-order valence-corrected chi connectivity index (χ3v) is 2.27. The van der Waals surface area contributed by atoms with Gasteiger partial charge in [0.1, 0.15) is 6.10 Å². The molecule has 0 bridgehead atoms. The molecule has 1 rings (SSSR count). The van der Waals surface area contributed by atoms with Crippen molar-refractivity contribution in [2.24, 2.45) is 5.92 Å². The number of carbonyl (C=O) groups is 1. The van der Waals surface area contributed by atoms with Crippen molar-refractivity contribution in [1.29, 1.82) is 0 Å². The van der Waals surface area contributed by atoms with E-state index in [0.717, 1.165) is 19.3 Å². The van der Waals surface area contributed by atoms with Gasteiger partial charge in [-0.25, -0.2) is 0 Å². The Morgan fingerprint density at radius 1 is 1.67 bits per heavy atom. The summed E-state index contributed by atoms with van der Waals surface area (Å²) < 4.78 is 4.93. The van der Waals surface area contributed by atoms with Gasteiger partial charge in [-0.2, -0.15) is 0 Å². The van der Waals surface area contributed by atoms with Crippen LogP contribution in [0.15, 0.2) is 0 Å². The zero-order valence-corrected chi connectivity index (χ0v) is 7.45. The summed E-state index contributed by atoms with van der Waals surface area (Å²) in [4.78, 5) is 11.1. The molecule has 0 aromatic carbocycles. The summed E-state index contributed by atoms with van der Waals surface area (Å²) in [5.74, 6) is -0.0791. The molecule has 0 aliphatic carbocycles. The molecule has 1 aliphatic rings. The quantitative estimate of drug-likeness (QED) is 0.646. The van der Waals surface area contributed by atoms with Gasteiger partial charge in [-0.05, 0) is 12.8 Å². The molecule has 0 radical (unpaired) electrons. The molecule has 3 nitrogen and oxygen atoms in total. The van der Waals surface area contributed by atoms with Crippen LogP contribution in [-0.4, -0.2) is 23.8 Å². The van der Waals surface area contributed by atoms with Crippen LogP contribution in [0.4, 0.5) is 0 Å². The Balaban J connectivity index is 2.31. The summed E-state index contributed by atoms with van der Waals surface area (Å²) in [7, 11) is 0. The molecule has 1 N–H and O–H groups in total. The lowest BCUT2D eigenvalue weighted by Gasteiger charge is -2.02. The average Bonchev–Trinajstić information content (AvgIpc) is 2.43. The molecule has 12 heavy (non-hydrogen) atoms. The number of hydrogen-bond donors (Lipinski definition) is 1. The predicted octanol–water partition coefficient (Wildman–Crippen LogP) is 1.10. The number of hydrogen-bond acceptors (Lipinski definition) is 3. The molecule has 1 fully saturated rings. The van der Waals surface area contributed by atoms with Gasteiger partial charge in [0.15, 0.2) is 0 Å². The molecule has 1 heterocycles. The normalized spacial score (nSPS) is 29.0. The maximum Gasteiger partial charge on any atom is 0.309 e. The highest BCUT2D eigenvalue weighted by Gasteiger charge is 2.32. The fraction of sp³-hybridized carbons (Fsp3) is 0.889. The fourth-order valence-electron chi connectivity index (χ4n) is 1.52. The van der Waals surface area contributed by atoms with E-state index in [1.807, 2.05) is 0 Å². The van der Waals surface area contributed by atoms with Gasteiger partial charge in [-0.15, -0.1) is 0 Å². The first kappa shape index (κ1) is 9.52. The second kappa shape index (κ2) is 4.45. The van der Waals surface area contributed by atoms with Crippen molar-refractivity contribution < 1.29 is 14.6 Å². The molecule has 0 saturated carbocycles. The standard InChI is InChI=1S/C9H16O3/c1-2-3-4-7-5-8(6-10)12-9(7)11/h7-8,10H,2-6H2,1H3/t7-,8-/m1/s1. The summed E-state index contributed by atoms with van der Waals surface area (Å²) in [6.45, 7) is 2.07. The van der Waals surface area contributed by atoms with Crippen LogP contribution in [0, 0.1) is 5.92 Å². The summed E-state index contributed by atoms with van der Waals surface area (Å²) in [6.07, 6.45) is 3.55. The molecule has 1 aliphatic heterocycles. The van der Waals surface area contributed by atoms with Crippen molar-refractivity contribution in [2.75, 3.05) is 6.61 Å². The Morgan fingerprint density at radius 2 is 2.42 bits per heavy atom. The van der Waals surface area contributed by atoms with E-state index in [-0.39, 0.29) is 24.6 Å². The van der Waals surface area contributed by atoms with Crippen molar-refractivity contribution >= 4 is 5.97 Å². The predicted molar refractivity (Wildman–Crippen MR) is 44.6 cm³/mol. The Kier molecular flexibility index (Phi) is 3.53. The number of ether oxygens (including phenoxy) is 1. The van der Waals surface area contributed by atoms with E-state index >= 15 is 0 Å². The smallest absolute Gasteiger partial charge is 0.309 e. The first-order valence-electron chi connectivity index (χ1n) is 4.59. The Hall–Kier alpha value is -0.570. The zero-order chi connectivity index (χ0) is 8.97. The van der Waals surface area contributed by atoms with Gasteiger partial charge in [0, 0.05) is 0 Å². The van der Waals surface area contributed by atoms with Crippen LogP contribution >= 0.6 is 0 Å². The third kappa shape index (κ3) is 2.21. The van der Waals surface area contributed by atoms with E-state index in [0.29, 0.717) is 6.42 Å². The zero-order valence-electron chi connectivity index (χ0n) is 7.45. The molecule has 0 aromatic heterocycles. The number of aliphatic hydroxyl groups is 1. The number of carbonyl (C=O) groups excluding carboxylic acids is 1. The van der Waals surface area contributed by atoms with E-state index in [4.69, 9.17) is 9.84 Å². The van der Waals surface area contributed by atoms with E-state index in [9.17, 15) is 4.79 Å². The molecule has 70 valence electrons. The van der Waals surface area contributed by atoms with Gasteiger partial charge in [0.25, 0.3) is 0 Å².